The summed E-state index contributed by atoms with van der Waals surface area (Å²) in [6.45, 7) is 1.51. The molecule has 0 radical (unpaired) electrons. The largest absolute Gasteiger partial charge is 0.463 e. The van der Waals surface area contributed by atoms with Gasteiger partial charge in [-0.05, 0) is 37.6 Å². The summed E-state index contributed by atoms with van der Waals surface area (Å²) in [6, 6.07) is 7.68. The highest BCUT2D eigenvalue weighted by Crippen LogP contribution is 2.51. The van der Waals surface area contributed by atoms with Crippen molar-refractivity contribution in [1.82, 2.24) is 14.8 Å². The number of hydrogen-bond acceptors (Lipinski definition) is 10. The van der Waals surface area contributed by atoms with Gasteiger partial charge in [0, 0.05) is 5.38 Å². The van der Waals surface area contributed by atoms with Gasteiger partial charge in [-0.2, -0.15) is 9.78 Å². The first-order valence-corrected chi connectivity index (χ1v) is 13.7. The molecule has 1 fully saturated rings. The zero-order valence-electron chi connectivity index (χ0n) is 22.4. The lowest BCUT2D eigenvalue weighted by atomic mass is 10.00. The van der Waals surface area contributed by atoms with Crippen molar-refractivity contribution in [2.75, 3.05) is 12.7 Å². The van der Waals surface area contributed by atoms with E-state index in [0.717, 1.165) is 6.20 Å². The van der Waals surface area contributed by atoms with Gasteiger partial charge in [0.1, 0.15) is 24.2 Å². The first-order valence-electron chi connectivity index (χ1n) is 12.2. The van der Waals surface area contributed by atoms with Gasteiger partial charge < -0.3 is 19.1 Å². The smallest absolute Gasteiger partial charge is 0.380 e. The van der Waals surface area contributed by atoms with Crippen molar-refractivity contribution in [1.29, 1.82) is 0 Å². The van der Waals surface area contributed by atoms with Crippen LogP contribution >= 0.6 is 30.8 Å². The van der Waals surface area contributed by atoms with Gasteiger partial charge in [-0.25, -0.2) is 9.36 Å². The Morgan fingerprint density at radius 1 is 1.37 bits per heavy atom. The van der Waals surface area contributed by atoms with E-state index in [-0.39, 0.29) is 5.75 Å². The van der Waals surface area contributed by atoms with E-state index < -0.39 is 72.9 Å². The summed E-state index contributed by atoms with van der Waals surface area (Å²) in [7, 11) is -4.56. The predicted octanol–water partition coefficient (Wildman–Crippen LogP) is 2.24. The molecule has 0 amide bonds. The average Bonchev–Trinajstić information content (AvgIpc) is 3.10. The average molecular weight is 592 g/mol. The molecular formula is C23H26Cl2N3O9P. The molecular weight excluding hydrogens is 564 g/mol. The van der Waals surface area contributed by atoms with E-state index >= 15 is 0 Å². The second-order valence-corrected chi connectivity index (χ2v) is 11.3. The van der Waals surface area contributed by atoms with Crippen LogP contribution in [0.4, 0.5) is 0 Å². The fourth-order valence-corrected chi connectivity index (χ4v) is 5.59. The molecule has 0 aliphatic carbocycles. The van der Waals surface area contributed by atoms with Crippen molar-refractivity contribution in [3.05, 3.63) is 57.4 Å². The number of nitrogens with zero attached hydrogens (tertiary/aromatic N) is 2. The number of ether oxygens (including phenoxy) is 2. The number of aromatic nitrogens is 3. The number of esters is 1. The summed E-state index contributed by atoms with van der Waals surface area (Å²) in [5.41, 5.74) is -1.95. The summed E-state index contributed by atoms with van der Waals surface area (Å²) in [5, 5.41) is 16.6. The molecule has 12 nitrogen and oxygen atoms in total. The highest BCUT2D eigenvalue weighted by atomic mass is 35.5. The number of aliphatic hydroxyl groups excluding tert-OH is 1. The molecule has 38 heavy (non-hydrogen) atoms. The van der Waals surface area contributed by atoms with Crippen LogP contribution in [0.3, 0.4) is 0 Å². The van der Waals surface area contributed by atoms with Crippen molar-refractivity contribution in [2.24, 2.45) is 5.92 Å². The molecule has 2 N–H and O–H groups in total. The molecule has 6 atom stereocenters. The predicted molar refractivity (Wildman–Crippen MR) is 137 cm³/mol. The van der Waals surface area contributed by atoms with Crippen LogP contribution < -0.4 is 15.8 Å². The van der Waals surface area contributed by atoms with Gasteiger partial charge in [-0.1, -0.05) is 42.6 Å². The van der Waals surface area contributed by atoms with Crippen LogP contribution in [0.15, 0.2) is 46.1 Å². The summed E-state index contributed by atoms with van der Waals surface area (Å²) < 4.78 is 53.3. The fraction of sp³-hybridized carbons (Fsp3) is 0.478. The molecule has 1 aromatic carbocycles. The second-order valence-electron chi connectivity index (χ2n) is 8.52. The molecule has 1 aliphatic rings. The van der Waals surface area contributed by atoms with Crippen LogP contribution in [0.2, 0.25) is 0 Å². The van der Waals surface area contributed by atoms with Gasteiger partial charge in [0.2, 0.25) is 0 Å². The number of para-hydroxylation sites is 1. The Balaban J connectivity index is 1.99. The van der Waals surface area contributed by atoms with E-state index in [9.17, 15) is 24.1 Å². The molecule has 3 rings (SSSR count). The Labute approximate surface area is 230 Å². The molecule has 2 aromatic rings. The Morgan fingerprint density at radius 2 is 2.05 bits per heavy atom. The molecule has 2 heterocycles. The van der Waals surface area contributed by atoms with Gasteiger partial charge in [0.25, 0.3) is 5.56 Å². The summed E-state index contributed by atoms with van der Waals surface area (Å²) in [4.78, 5) is 36.0. The molecule has 1 aromatic heterocycles. The Hall–Kier alpha value is -2.65. The van der Waals surface area contributed by atoms with Crippen molar-refractivity contribution in [2.45, 2.75) is 50.2 Å². The van der Waals surface area contributed by atoms with Gasteiger partial charge >= 0.3 is 19.3 Å². The van der Waals surface area contributed by atoms with Crippen LogP contribution in [0.1, 0.15) is 29.7 Å². The van der Waals surface area contributed by atoms with E-state index in [0.29, 0.717) is 4.68 Å². The number of hydrogen-bond donors (Lipinski definition) is 2. The van der Waals surface area contributed by atoms with E-state index in [1.165, 1.54) is 19.1 Å². The van der Waals surface area contributed by atoms with Gasteiger partial charge in [-0.15, -0.1) is 0 Å². The Bertz CT molecular complexity index is 1450. The number of halogens is 2. The Morgan fingerprint density at radius 3 is 2.66 bits per heavy atom. The van der Waals surface area contributed by atoms with Gasteiger partial charge in [0.05, 0.1) is 27.5 Å². The van der Waals surface area contributed by atoms with E-state index in [4.69, 9.17) is 44.5 Å². The van der Waals surface area contributed by atoms with E-state index in [1.807, 2.05) is 10.4 Å². The van der Waals surface area contributed by atoms with Crippen molar-refractivity contribution < 1.29 is 35.7 Å². The number of carbonyl (C=O) groups excluding carboxylic acids is 1. The molecule has 15 heteroatoms. The summed E-state index contributed by atoms with van der Waals surface area (Å²) in [5.74, 6) is 0.514. The molecule has 0 saturated carbocycles. The second kappa shape index (κ2) is 12.5. The third-order valence-electron chi connectivity index (χ3n) is 5.10. The lowest BCUT2D eigenvalue weighted by molar-refractivity contribution is -0.151. The highest BCUT2D eigenvalue weighted by molar-refractivity contribution is 7.54. The van der Waals surface area contributed by atoms with Crippen LogP contribution in [-0.4, -0.2) is 61.7 Å². The first-order chi connectivity index (χ1) is 18.6. The first kappa shape index (κ1) is 26.9. The van der Waals surface area contributed by atoms with Gasteiger partial charge in [-0.3, -0.25) is 19.1 Å². The van der Waals surface area contributed by atoms with Crippen LogP contribution in [-0.2, 0) is 23.4 Å². The van der Waals surface area contributed by atoms with Crippen molar-refractivity contribution >= 4 is 36.8 Å². The number of rotatable bonds is 10. The summed E-state index contributed by atoms with van der Waals surface area (Å²) >= 11 is 12.0. The Kier molecular flexibility index (Phi) is 8.84. The molecule has 1 aliphatic heterocycles. The fourth-order valence-electron chi connectivity index (χ4n) is 3.37. The van der Waals surface area contributed by atoms with Crippen LogP contribution in [0.25, 0.3) is 0 Å². The third kappa shape index (κ3) is 7.05. The molecule has 206 valence electrons. The van der Waals surface area contributed by atoms with Crippen LogP contribution in [0.5, 0.6) is 5.75 Å². The molecule has 0 spiro atoms. The molecule has 1 saturated heterocycles. The van der Waals surface area contributed by atoms with Crippen molar-refractivity contribution in [3.8, 4) is 17.0 Å². The van der Waals surface area contributed by atoms with Gasteiger partial charge in [0.15, 0.2) is 11.1 Å². The third-order valence-corrected chi connectivity index (χ3v) is 7.56. The monoisotopic (exact) mass is 591 g/mol. The zero-order valence-corrected chi connectivity index (χ0v) is 22.8. The number of benzene rings is 1. The number of alkyl halides is 1. The number of nitrogens with one attached hydrogen (secondary N) is 1. The van der Waals surface area contributed by atoms with E-state index in [1.54, 1.807) is 32.0 Å². The molecule has 1 unspecified atom stereocenters. The van der Waals surface area contributed by atoms with Crippen molar-refractivity contribution in [3.63, 3.8) is 0 Å². The normalized spacial score (nSPS) is 26.3. The maximum Gasteiger partial charge on any atom is 0.380 e. The maximum atomic E-state index is 14.0. The lowest BCUT2D eigenvalue weighted by Gasteiger charge is -2.25. The number of aromatic amines is 1. The maximum absolute atomic E-state index is 14.0. The van der Waals surface area contributed by atoms with E-state index in [2.05, 4.69) is 11.0 Å². The molecule has 0 bridgehead atoms. The minimum absolute atomic E-state index is 0.0421. The number of carbonyl (C=O) groups is 1. The highest BCUT2D eigenvalue weighted by Gasteiger charge is 2.57. The number of aliphatic hydroxyl groups is 1. The standard InChI is InChI=1S/C23H26Cl2N3O9P/c1-14(2)35-20(31)15(3)13-38(33,37-16-7-5-4-6-8-16)34-12-17-19(30)23(25,9-10-24)21(36-17)28-22(32)27-18(29)11-26-28/h4-8,11,14-15,17,19,21,30H,12-13H2,1-3H3,(H,27,29,32)/t15-,17-,19+,21-,23?,38+/m1/s1/i12D2. The number of H-pyrrole nitrogens is 1. The minimum atomic E-state index is -4.56. The summed E-state index contributed by atoms with van der Waals surface area (Å²) in [6.07, 6.45) is -6.28. The SMILES string of the molecule is [2H]C([2H])(O[P@@](=O)(C[C@@H](C)C(=O)OC(C)C)Oc1ccccc1)[C@H]1O[C@@H](n2ncc(=O)[nH]c2=O)C(Cl)(C#CCl)[C@H]1O. The minimum Gasteiger partial charge on any atom is -0.463 e. The van der Waals surface area contributed by atoms with Crippen LogP contribution in [0, 0.1) is 17.2 Å². The topological polar surface area (TPSA) is 159 Å². The lowest BCUT2D eigenvalue weighted by Crippen LogP contribution is -2.45. The quantitative estimate of drug-likeness (QED) is 0.181. The zero-order chi connectivity index (χ0) is 29.9.